The number of rotatable bonds is 26. The van der Waals surface area contributed by atoms with Gasteiger partial charge in [-0.3, -0.25) is 4.57 Å². The first-order valence-corrected chi connectivity index (χ1v) is 19.5. The number of nitrogens with one attached hydrogen (secondary N) is 1. The van der Waals surface area contributed by atoms with E-state index in [2.05, 4.69) is 12.2 Å². The standard InChI is InChI=1S/C32H57N2O7PS/c1-2-3-4-5-6-7-8-9-10-11-12-13-14-15-16-17-20-33-32(35)38-25-28-29(31-19-18-30(28)41-31)26-40-42(36,37)39-23-21-34-22-24-43-27-34/h22,24,27-31H,2-21,23,25-26H2,1H3,(H-,33,35,36,37)/t28-,29+,30+,31-/m0/s1. The van der Waals surface area contributed by atoms with E-state index >= 15 is 0 Å². The Bertz CT molecular complexity index is 906. The summed E-state index contributed by atoms with van der Waals surface area (Å²) in [6.07, 6.45) is 24.2. The molecule has 1 amide bonds. The molecule has 2 aliphatic heterocycles. The van der Waals surface area contributed by atoms with Crippen molar-refractivity contribution in [1.29, 1.82) is 0 Å². The predicted octanol–water partition coefficient (Wildman–Crippen LogP) is 7.32. The molecule has 1 aromatic rings. The number of carbonyl (C=O) groups is 1. The number of fused-ring (bicyclic) bond motifs is 2. The summed E-state index contributed by atoms with van der Waals surface area (Å²) in [4.78, 5) is 24.6. The molecule has 1 N–H and O–H groups in total. The SMILES string of the molecule is CCCCCCCCCCCCCCCCCCNC(=O)OC[C@H]1[C@@H](COP(=O)([O-])OCC[n+]2ccsc2)[C@@H]2CC[C@H]1O2. The maximum Gasteiger partial charge on any atom is 0.407 e. The molecule has 0 aliphatic carbocycles. The van der Waals surface area contributed by atoms with Crippen LogP contribution < -0.4 is 14.8 Å². The van der Waals surface area contributed by atoms with E-state index in [1.807, 2.05) is 21.7 Å². The number of aromatic nitrogens is 1. The first-order valence-electron chi connectivity index (χ1n) is 17.1. The number of ether oxygens (including phenoxy) is 2. The van der Waals surface area contributed by atoms with Crippen LogP contribution in [0.15, 0.2) is 17.1 Å². The van der Waals surface area contributed by atoms with Crippen LogP contribution in [0, 0.1) is 11.8 Å². The molecule has 0 radical (unpaired) electrons. The van der Waals surface area contributed by atoms with Crippen LogP contribution in [-0.4, -0.2) is 44.7 Å². The van der Waals surface area contributed by atoms with E-state index in [-0.39, 0.29) is 43.9 Å². The number of unbranched alkanes of at least 4 members (excludes halogenated alkanes) is 15. The summed E-state index contributed by atoms with van der Waals surface area (Å²) in [6.45, 7) is 3.50. The first-order chi connectivity index (χ1) is 21.0. The van der Waals surface area contributed by atoms with Gasteiger partial charge in [-0.2, -0.15) is 4.57 Å². The minimum absolute atomic E-state index is 0.0154. The number of carbonyl (C=O) groups excluding carboxylic acids is 1. The Balaban J connectivity index is 1.15. The summed E-state index contributed by atoms with van der Waals surface area (Å²) in [5, 5.41) is 4.77. The zero-order valence-corrected chi connectivity index (χ0v) is 28.2. The van der Waals surface area contributed by atoms with Gasteiger partial charge in [-0.25, -0.2) is 4.79 Å². The van der Waals surface area contributed by atoms with E-state index in [4.69, 9.17) is 18.5 Å². The number of alkyl carbamates (subject to hydrolysis) is 1. The van der Waals surface area contributed by atoms with Crippen LogP contribution in [0.2, 0.25) is 0 Å². The normalized spacial score (nSPS) is 22.6. The van der Waals surface area contributed by atoms with Crippen molar-refractivity contribution in [1.82, 2.24) is 5.32 Å². The third kappa shape index (κ3) is 15.2. The molecule has 2 aliphatic rings. The third-order valence-corrected chi connectivity index (χ3v) is 10.5. The number of nitrogens with zero attached hydrogens (tertiary/aromatic N) is 1. The summed E-state index contributed by atoms with van der Waals surface area (Å²) in [5.74, 6) is -0.231. The summed E-state index contributed by atoms with van der Waals surface area (Å²) >= 11 is 1.53. The number of thiazole rings is 1. The van der Waals surface area contributed by atoms with Crippen LogP contribution in [0.1, 0.15) is 122 Å². The van der Waals surface area contributed by atoms with Gasteiger partial charge in [-0.05, 0) is 19.3 Å². The second-order valence-electron chi connectivity index (χ2n) is 12.3. The van der Waals surface area contributed by atoms with Crippen molar-refractivity contribution in [2.45, 2.75) is 141 Å². The van der Waals surface area contributed by atoms with Crippen LogP contribution in [0.3, 0.4) is 0 Å². The lowest BCUT2D eigenvalue weighted by atomic mass is 9.80. The largest absolute Gasteiger partial charge is 0.756 e. The van der Waals surface area contributed by atoms with Gasteiger partial charge in [-0.15, -0.1) is 0 Å². The minimum atomic E-state index is -4.43. The van der Waals surface area contributed by atoms with Gasteiger partial charge in [0.2, 0.25) is 5.51 Å². The van der Waals surface area contributed by atoms with Gasteiger partial charge in [0.05, 0.1) is 30.8 Å². The van der Waals surface area contributed by atoms with E-state index in [0.29, 0.717) is 13.1 Å². The topological polar surface area (TPSA) is 110 Å². The zero-order valence-electron chi connectivity index (χ0n) is 26.5. The highest BCUT2D eigenvalue weighted by atomic mass is 32.1. The second-order valence-corrected chi connectivity index (χ2v) is 14.5. The molecule has 3 heterocycles. The van der Waals surface area contributed by atoms with Crippen molar-refractivity contribution in [3.05, 3.63) is 17.1 Å². The van der Waals surface area contributed by atoms with Crippen molar-refractivity contribution in [3.63, 3.8) is 0 Å². The quantitative estimate of drug-likeness (QED) is 0.0639. The fraction of sp³-hybridized carbons (Fsp3) is 0.875. The molecule has 0 spiro atoms. The van der Waals surface area contributed by atoms with Gasteiger partial charge >= 0.3 is 6.09 Å². The Kier molecular flexibility index (Phi) is 18.4. The van der Waals surface area contributed by atoms with Crippen molar-refractivity contribution < 1.29 is 37.3 Å². The highest BCUT2D eigenvalue weighted by Crippen LogP contribution is 2.46. The third-order valence-electron chi connectivity index (χ3n) is 8.85. The molecule has 2 bridgehead atoms. The fourth-order valence-corrected chi connectivity index (χ4v) is 7.64. The molecule has 9 nitrogen and oxygen atoms in total. The molecule has 1 unspecified atom stereocenters. The lowest BCUT2D eigenvalue weighted by Gasteiger charge is -2.30. The number of phosphoric acid groups is 1. The molecule has 0 aromatic carbocycles. The van der Waals surface area contributed by atoms with Gasteiger partial charge in [0.15, 0.2) is 12.7 Å². The van der Waals surface area contributed by atoms with Gasteiger partial charge in [0.1, 0.15) is 6.61 Å². The fourth-order valence-electron chi connectivity index (χ4n) is 6.28. The molecule has 11 heteroatoms. The molecule has 2 saturated heterocycles. The van der Waals surface area contributed by atoms with Crippen molar-refractivity contribution in [2.75, 3.05) is 26.4 Å². The van der Waals surface area contributed by atoms with Crippen LogP contribution >= 0.6 is 19.2 Å². The number of hydrogen-bond donors (Lipinski definition) is 1. The monoisotopic (exact) mass is 644 g/mol. The molecule has 5 atom stereocenters. The molecule has 248 valence electrons. The van der Waals surface area contributed by atoms with E-state index in [1.54, 1.807) is 0 Å². The lowest BCUT2D eigenvalue weighted by molar-refractivity contribution is -0.693. The minimum Gasteiger partial charge on any atom is -0.756 e. The number of phosphoric ester groups is 1. The summed E-state index contributed by atoms with van der Waals surface area (Å²) in [7, 11) is -4.43. The smallest absolute Gasteiger partial charge is 0.407 e. The van der Waals surface area contributed by atoms with Crippen molar-refractivity contribution in [2.24, 2.45) is 11.8 Å². The van der Waals surface area contributed by atoms with Crippen LogP contribution in [0.25, 0.3) is 0 Å². The zero-order chi connectivity index (χ0) is 30.6. The molecule has 43 heavy (non-hydrogen) atoms. The Morgan fingerprint density at radius 3 is 2.00 bits per heavy atom. The molecule has 0 saturated carbocycles. The first kappa shape index (κ1) is 36.4. The van der Waals surface area contributed by atoms with Crippen molar-refractivity contribution in [3.8, 4) is 0 Å². The van der Waals surface area contributed by atoms with E-state index in [0.717, 1.165) is 25.7 Å². The van der Waals surface area contributed by atoms with Gasteiger partial charge in [0.25, 0.3) is 7.82 Å². The average molecular weight is 645 g/mol. The Morgan fingerprint density at radius 1 is 0.884 bits per heavy atom. The van der Waals surface area contributed by atoms with E-state index < -0.39 is 13.9 Å². The summed E-state index contributed by atoms with van der Waals surface area (Å²) < 4.78 is 35.9. The molecular weight excluding hydrogens is 587 g/mol. The van der Waals surface area contributed by atoms with E-state index in [9.17, 15) is 14.3 Å². The molecule has 1 aromatic heterocycles. The molecular formula is C32H57N2O7PS. The maximum atomic E-state index is 12.3. The van der Waals surface area contributed by atoms with Crippen molar-refractivity contribution >= 4 is 25.3 Å². The lowest BCUT2D eigenvalue weighted by Crippen LogP contribution is -2.36. The average Bonchev–Trinajstić information content (AvgIpc) is 3.75. The van der Waals surface area contributed by atoms with Gasteiger partial charge in [0, 0.05) is 18.4 Å². The number of hydrogen-bond acceptors (Lipinski definition) is 8. The van der Waals surface area contributed by atoms with Gasteiger partial charge < -0.3 is 28.7 Å². The summed E-state index contributed by atoms with van der Waals surface area (Å²) in [5.41, 5.74) is 1.88. The highest BCUT2D eigenvalue weighted by molar-refractivity contribution is 7.45. The number of amides is 1. The Labute approximate surface area is 264 Å². The van der Waals surface area contributed by atoms with Crippen LogP contribution in [0.5, 0.6) is 0 Å². The highest BCUT2D eigenvalue weighted by Gasteiger charge is 2.49. The summed E-state index contributed by atoms with van der Waals surface area (Å²) in [6, 6.07) is 0. The van der Waals surface area contributed by atoms with E-state index in [1.165, 1.54) is 101 Å². The maximum absolute atomic E-state index is 12.3. The second kappa shape index (κ2) is 21.7. The van der Waals surface area contributed by atoms with Crippen LogP contribution in [0.4, 0.5) is 4.79 Å². The predicted molar refractivity (Wildman–Crippen MR) is 168 cm³/mol. The van der Waals surface area contributed by atoms with Gasteiger partial charge in [-0.1, -0.05) is 115 Å². The molecule has 3 rings (SSSR count). The Morgan fingerprint density at radius 2 is 1.44 bits per heavy atom. The Hall–Kier alpha value is -1.03. The molecule has 2 fully saturated rings. The van der Waals surface area contributed by atoms with Crippen LogP contribution in [-0.2, 0) is 29.6 Å².